The van der Waals surface area contributed by atoms with Crippen LogP contribution >= 0.6 is 7.14 Å². The number of aliphatic hydroxyl groups is 1. The number of carbonyl (C=O) groups excluding carboxylic acids is 1. The van der Waals surface area contributed by atoms with E-state index in [0.29, 0.717) is 36.1 Å². The van der Waals surface area contributed by atoms with E-state index in [4.69, 9.17) is 0 Å². The molecule has 0 aliphatic heterocycles. The highest BCUT2D eigenvalue weighted by Crippen LogP contribution is 2.57. The summed E-state index contributed by atoms with van der Waals surface area (Å²) in [5, 5.41) is 14.7. The van der Waals surface area contributed by atoms with Gasteiger partial charge in [-0.1, -0.05) is 179 Å². The first-order valence-electron chi connectivity index (χ1n) is 29.5. The summed E-state index contributed by atoms with van der Waals surface area (Å²) in [6.45, 7) is 30.1. The third-order valence-electron chi connectivity index (χ3n) is 18.5. The van der Waals surface area contributed by atoms with Crippen LogP contribution in [0.15, 0.2) is 166 Å². The molecule has 6 aliphatic carbocycles. The number of hydrogen-bond donors (Lipinski definition) is 1. The SMILES string of the molecule is C=C1CC[C@H](C)C/C1=C/CP(=O)(c1ccccc1)c1ccccc1.C=C1CC[C@H](O)C/C1=C/C=C1\CCC[C@]2(C)C([C@H](C)C/C=C/S(=O)(=O)C(C)(C)C)=CC[C@@H]12.C[C@H](C/C=C/S(=O)(=O)C(C)(C)C)C1=CC[C@H]2C(=O)CCC[C@]12C. The summed E-state index contributed by atoms with van der Waals surface area (Å²) >= 11 is 0. The quantitative estimate of drug-likeness (QED) is 0.157. The Morgan fingerprint density at radius 1 is 0.671 bits per heavy atom. The second-order valence-electron chi connectivity index (χ2n) is 26.4. The Morgan fingerprint density at radius 2 is 1.14 bits per heavy atom. The average Bonchev–Trinajstić information content (AvgIpc) is 4.20. The van der Waals surface area contributed by atoms with Crippen LogP contribution in [-0.4, -0.2) is 49.5 Å². The van der Waals surface area contributed by atoms with Gasteiger partial charge in [-0.15, -0.1) is 0 Å². The maximum absolute atomic E-state index is 14.0. The molecule has 0 spiro atoms. The van der Waals surface area contributed by atoms with Gasteiger partial charge in [0.1, 0.15) is 12.9 Å². The van der Waals surface area contributed by atoms with E-state index >= 15 is 0 Å². The van der Waals surface area contributed by atoms with Crippen LogP contribution < -0.4 is 10.6 Å². The van der Waals surface area contributed by atoms with E-state index < -0.39 is 36.3 Å². The van der Waals surface area contributed by atoms with Crippen molar-refractivity contribution in [3.63, 3.8) is 0 Å². The Kier molecular flexibility index (Phi) is 21.4. The number of allylic oxidation sites excluding steroid dienone is 13. The molecule has 432 valence electrons. The van der Waals surface area contributed by atoms with E-state index in [1.807, 2.05) is 66.7 Å². The van der Waals surface area contributed by atoms with Crippen molar-refractivity contribution >= 4 is 43.2 Å². The fourth-order valence-corrected chi connectivity index (χ4v) is 17.2. The van der Waals surface area contributed by atoms with Crippen LogP contribution in [0.3, 0.4) is 0 Å². The number of ketones is 1. The van der Waals surface area contributed by atoms with Crippen LogP contribution in [-0.2, 0) is 29.0 Å². The predicted molar refractivity (Wildman–Crippen MR) is 335 cm³/mol. The number of rotatable bonds is 13. The monoisotopic (exact) mass is 1130 g/mol. The molecule has 8 atom stereocenters. The van der Waals surface area contributed by atoms with Crippen LogP contribution in [0.25, 0.3) is 0 Å². The smallest absolute Gasteiger partial charge is 0.176 e. The molecule has 0 saturated heterocycles. The number of benzene rings is 2. The van der Waals surface area contributed by atoms with E-state index in [2.05, 4.69) is 78.2 Å². The van der Waals surface area contributed by atoms with Gasteiger partial charge in [0, 0.05) is 39.9 Å². The molecule has 10 heteroatoms. The van der Waals surface area contributed by atoms with Crippen LogP contribution in [0.1, 0.15) is 179 Å². The average molecular weight is 1130 g/mol. The summed E-state index contributed by atoms with van der Waals surface area (Å²) in [5.41, 5.74) is 9.41. The molecular weight excluding hydrogens is 1040 g/mol. The minimum atomic E-state index is -3.23. The van der Waals surface area contributed by atoms with Gasteiger partial charge in [0.2, 0.25) is 0 Å². The van der Waals surface area contributed by atoms with Crippen molar-refractivity contribution in [2.75, 3.05) is 6.16 Å². The van der Waals surface area contributed by atoms with E-state index in [9.17, 15) is 31.3 Å². The highest BCUT2D eigenvalue weighted by Gasteiger charge is 2.48. The molecule has 0 aromatic heterocycles. The predicted octanol–water partition coefficient (Wildman–Crippen LogP) is 16.6. The highest BCUT2D eigenvalue weighted by atomic mass is 32.2. The van der Waals surface area contributed by atoms with Gasteiger partial charge in [-0.3, -0.25) is 4.79 Å². The first kappa shape index (κ1) is 64.0. The standard InChI is InChI=1S/C28H42O3S.C22H25OP.C19H30O3S/c1-20-11-14-24(29)19-23(20)13-12-22-10-7-17-28(6)25(15-16-26(22)28)21(2)9-8-18-32(30,31)27(3,4)5;1-18-13-14-19(2)20(17-18)15-16-24(23,21-9-5-3-6-10-21)22-11-7-4-8-12-22;1-14(8-7-13-23(21,22)18(2,3)4)15-10-11-16-17(20)9-6-12-19(15,16)5/h8,12-13,15,18,21,24,26,29H,1,7,9-11,14,16-17,19H2,2-6H3;3-12,15,18H,2,13-14,16-17H2,1H3;7,10,13-14,16H,6,8-9,11-12H2,1-5H3/b18-8+,22-12+,23-13-;20-15-;13-7+/t21-,24+,26+,28-;18-;14-,16+,19-/m101/s1. The fraction of sp³-hybridized carbons (Fsp3) is 0.551. The Bertz CT molecular complexity index is 2970. The summed E-state index contributed by atoms with van der Waals surface area (Å²) in [4.78, 5) is 12.2. The highest BCUT2D eigenvalue weighted by molar-refractivity contribution is 7.95. The van der Waals surface area contributed by atoms with Crippen molar-refractivity contribution in [2.24, 2.45) is 40.4 Å². The molecule has 1 N–H and O–H groups in total. The number of sulfone groups is 2. The zero-order valence-corrected chi connectivity index (χ0v) is 52.6. The van der Waals surface area contributed by atoms with Gasteiger partial charge in [0.15, 0.2) is 19.7 Å². The summed E-state index contributed by atoms with van der Waals surface area (Å²) in [7, 11) is -9.10. The van der Waals surface area contributed by atoms with Crippen molar-refractivity contribution < 1.29 is 31.3 Å². The van der Waals surface area contributed by atoms with Gasteiger partial charge in [0.05, 0.1) is 15.6 Å². The number of Topliss-reactive ketones (excluding diaryl/α,β-unsaturated/α-hetero) is 1. The van der Waals surface area contributed by atoms with Gasteiger partial charge in [-0.05, 0) is 184 Å². The number of fused-ring (bicyclic) bond motifs is 2. The largest absolute Gasteiger partial charge is 0.393 e. The van der Waals surface area contributed by atoms with E-state index in [1.165, 1.54) is 69.1 Å². The van der Waals surface area contributed by atoms with Crippen molar-refractivity contribution in [2.45, 2.75) is 194 Å². The van der Waals surface area contributed by atoms with Crippen LogP contribution in [0.2, 0.25) is 0 Å². The molecule has 7 nitrogen and oxygen atoms in total. The first-order valence-corrected chi connectivity index (χ1v) is 34.5. The lowest BCUT2D eigenvalue weighted by atomic mass is 9.62. The summed E-state index contributed by atoms with van der Waals surface area (Å²) in [5.74, 6) is 2.38. The van der Waals surface area contributed by atoms with Crippen molar-refractivity contribution in [1.29, 1.82) is 0 Å². The van der Waals surface area contributed by atoms with Crippen molar-refractivity contribution in [3.05, 3.63) is 166 Å². The minimum absolute atomic E-state index is 0.00844. The first-order chi connectivity index (χ1) is 36.9. The maximum atomic E-state index is 14.0. The number of hydrogen-bond acceptors (Lipinski definition) is 7. The molecular formula is C69H97O7PS2. The Morgan fingerprint density at radius 3 is 1.66 bits per heavy atom. The number of aliphatic hydroxyl groups excluding tert-OH is 1. The third kappa shape index (κ3) is 15.5. The van der Waals surface area contributed by atoms with Gasteiger partial charge < -0.3 is 9.67 Å². The molecule has 0 amide bonds. The Balaban J connectivity index is 0.000000195. The second kappa shape index (κ2) is 26.4. The molecule has 0 unspecified atom stereocenters. The molecule has 4 saturated carbocycles. The molecule has 8 rings (SSSR count). The molecule has 6 aliphatic rings. The van der Waals surface area contributed by atoms with Crippen LogP contribution in [0.5, 0.6) is 0 Å². The summed E-state index contributed by atoms with van der Waals surface area (Å²) in [6.07, 6.45) is 30.8. The fourth-order valence-electron chi connectivity index (χ4n) is 13.1. The van der Waals surface area contributed by atoms with Crippen LogP contribution in [0.4, 0.5) is 0 Å². The molecule has 0 radical (unpaired) electrons. The Hall–Kier alpha value is -4.14. The molecule has 79 heavy (non-hydrogen) atoms. The maximum Gasteiger partial charge on any atom is 0.176 e. The molecule has 2 aromatic rings. The lowest BCUT2D eigenvalue weighted by molar-refractivity contribution is -0.128. The van der Waals surface area contributed by atoms with E-state index in [0.717, 1.165) is 87.7 Å². The van der Waals surface area contributed by atoms with Gasteiger partial charge in [-0.2, -0.15) is 0 Å². The summed E-state index contributed by atoms with van der Waals surface area (Å²) < 4.78 is 61.5. The second-order valence-corrected chi connectivity index (χ2v) is 34.5. The third-order valence-corrected chi connectivity index (χ3v) is 26.0. The van der Waals surface area contributed by atoms with Crippen molar-refractivity contribution in [1.82, 2.24) is 0 Å². The normalized spacial score (nSPS) is 28.4. The van der Waals surface area contributed by atoms with E-state index in [-0.39, 0.29) is 28.8 Å². The summed E-state index contributed by atoms with van der Waals surface area (Å²) in [6, 6.07) is 19.8. The van der Waals surface area contributed by atoms with E-state index in [1.54, 1.807) is 47.6 Å². The van der Waals surface area contributed by atoms with Crippen LogP contribution in [0, 0.1) is 40.4 Å². The lowest BCUT2D eigenvalue weighted by Gasteiger charge is -2.42. The molecule has 0 bridgehead atoms. The molecule has 0 heterocycles. The zero-order valence-electron chi connectivity index (χ0n) is 50.0. The molecule has 2 aromatic carbocycles. The molecule has 4 fully saturated rings. The van der Waals surface area contributed by atoms with Gasteiger partial charge in [0.25, 0.3) is 0 Å². The van der Waals surface area contributed by atoms with Crippen molar-refractivity contribution in [3.8, 4) is 0 Å². The van der Waals surface area contributed by atoms with Gasteiger partial charge >= 0.3 is 0 Å². The zero-order chi connectivity index (χ0) is 58.2. The lowest BCUT2D eigenvalue weighted by Crippen LogP contribution is -2.36. The number of carbonyl (C=O) groups is 1. The minimum Gasteiger partial charge on any atom is -0.393 e. The Labute approximate surface area is 479 Å². The van der Waals surface area contributed by atoms with Gasteiger partial charge in [-0.25, -0.2) is 16.8 Å². The topological polar surface area (TPSA) is 123 Å².